The molecule has 1 aromatic heterocycles. The van der Waals surface area contributed by atoms with Gasteiger partial charge < -0.3 is 19.0 Å². The fourth-order valence-electron chi connectivity index (χ4n) is 8.19. The van der Waals surface area contributed by atoms with E-state index in [-0.39, 0.29) is 0 Å². The number of benzene rings is 9. The summed E-state index contributed by atoms with van der Waals surface area (Å²) in [5.74, 6) is 1.66. The van der Waals surface area contributed by atoms with Crippen LogP contribution in [0, 0.1) is 0 Å². The average molecular weight is 719 g/mol. The van der Waals surface area contributed by atoms with Crippen LogP contribution in [-0.2, 0) is 0 Å². The molecule has 0 amide bonds. The molecule has 0 spiro atoms. The molecule has 1 aliphatic rings. The van der Waals surface area contributed by atoms with Gasteiger partial charge in [0.1, 0.15) is 11.2 Å². The van der Waals surface area contributed by atoms with Crippen molar-refractivity contribution in [1.29, 1.82) is 0 Å². The summed E-state index contributed by atoms with van der Waals surface area (Å²) >= 11 is 0. The second-order valence-electron chi connectivity index (χ2n) is 14.1. The quantitative estimate of drug-likeness (QED) is 0.171. The first-order valence-corrected chi connectivity index (χ1v) is 18.9. The normalized spacial score (nSPS) is 12.0. The van der Waals surface area contributed by atoms with E-state index in [4.69, 9.17) is 9.15 Å². The van der Waals surface area contributed by atoms with Gasteiger partial charge in [-0.25, -0.2) is 0 Å². The second-order valence-corrected chi connectivity index (χ2v) is 14.1. The molecule has 0 saturated heterocycles. The molecule has 11 rings (SSSR count). The average Bonchev–Trinajstić information content (AvgIpc) is 3.65. The van der Waals surface area contributed by atoms with E-state index in [0.717, 1.165) is 89.8 Å². The molecule has 1 aliphatic heterocycles. The van der Waals surface area contributed by atoms with Crippen LogP contribution < -0.4 is 14.5 Å². The van der Waals surface area contributed by atoms with Gasteiger partial charge in [0.15, 0.2) is 11.5 Å². The zero-order chi connectivity index (χ0) is 37.0. The van der Waals surface area contributed by atoms with E-state index in [9.17, 15) is 0 Å². The van der Waals surface area contributed by atoms with E-state index in [2.05, 4.69) is 186 Å². The van der Waals surface area contributed by atoms with E-state index < -0.39 is 0 Å². The third kappa shape index (κ3) is 5.31. The minimum atomic E-state index is 0.824. The Kier molecular flexibility index (Phi) is 7.46. The van der Waals surface area contributed by atoms with Gasteiger partial charge in [0.25, 0.3) is 0 Å². The number of ether oxygens (including phenoxy) is 1. The summed E-state index contributed by atoms with van der Waals surface area (Å²) < 4.78 is 12.9. The van der Waals surface area contributed by atoms with Gasteiger partial charge in [-0.3, -0.25) is 0 Å². The highest BCUT2D eigenvalue weighted by molar-refractivity contribution is 6.09. The van der Waals surface area contributed by atoms with Crippen LogP contribution >= 0.6 is 0 Å². The Hall–Kier alpha value is -7.56. The second kappa shape index (κ2) is 13.1. The molecular weight excluding hydrogens is 685 g/mol. The fraction of sp³-hybridized carbons (Fsp3) is 0. The number of fused-ring (bicyclic) bond motifs is 6. The number of hydrogen-bond donors (Lipinski definition) is 0. The summed E-state index contributed by atoms with van der Waals surface area (Å²) in [4.78, 5) is 4.62. The Morgan fingerprint density at radius 1 is 0.411 bits per heavy atom. The highest BCUT2D eigenvalue weighted by Gasteiger charge is 2.26. The summed E-state index contributed by atoms with van der Waals surface area (Å²) in [6, 6.07) is 72.6. The first-order chi connectivity index (χ1) is 27.8. The fourth-order valence-corrected chi connectivity index (χ4v) is 8.19. The van der Waals surface area contributed by atoms with Gasteiger partial charge in [0.05, 0.1) is 17.1 Å². The van der Waals surface area contributed by atoms with E-state index in [1.807, 2.05) is 30.3 Å². The van der Waals surface area contributed by atoms with Crippen LogP contribution in [0.25, 0.3) is 55.0 Å². The number of hydrogen-bond acceptors (Lipinski definition) is 4. The Morgan fingerprint density at radius 2 is 1.04 bits per heavy atom. The molecule has 2 heterocycles. The molecule has 0 aliphatic carbocycles. The Labute approximate surface area is 324 Å². The monoisotopic (exact) mass is 718 g/mol. The van der Waals surface area contributed by atoms with Gasteiger partial charge in [-0.15, -0.1) is 0 Å². The summed E-state index contributed by atoms with van der Waals surface area (Å²) in [5, 5.41) is 4.64. The Bertz CT molecular complexity index is 3050. The van der Waals surface area contributed by atoms with Gasteiger partial charge in [0.2, 0.25) is 0 Å². The first-order valence-electron chi connectivity index (χ1n) is 18.9. The minimum absolute atomic E-state index is 0.824. The van der Waals surface area contributed by atoms with Crippen LogP contribution in [0.3, 0.4) is 0 Å². The zero-order valence-electron chi connectivity index (χ0n) is 30.3. The molecule has 0 unspecified atom stereocenters. The van der Waals surface area contributed by atoms with Crippen molar-refractivity contribution in [3.05, 3.63) is 206 Å². The van der Waals surface area contributed by atoms with Crippen molar-refractivity contribution in [3.8, 4) is 33.8 Å². The van der Waals surface area contributed by atoms with Crippen molar-refractivity contribution >= 4 is 66.8 Å². The van der Waals surface area contributed by atoms with E-state index in [0.29, 0.717) is 0 Å². The van der Waals surface area contributed by atoms with Gasteiger partial charge in [-0.2, -0.15) is 0 Å². The molecule has 9 aromatic carbocycles. The van der Waals surface area contributed by atoms with Gasteiger partial charge in [0, 0.05) is 38.8 Å². The highest BCUT2D eigenvalue weighted by Crippen LogP contribution is 2.51. The first kappa shape index (κ1) is 31.9. The number of rotatable bonds is 6. The van der Waals surface area contributed by atoms with Crippen molar-refractivity contribution in [2.24, 2.45) is 0 Å². The molecule has 0 atom stereocenters. The van der Waals surface area contributed by atoms with Crippen LogP contribution in [0.1, 0.15) is 0 Å². The van der Waals surface area contributed by atoms with E-state index in [1.165, 1.54) is 10.8 Å². The lowest BCUT2D eigenvalue weighted by Gasteiger charge is -2.33. The Morgan fingerprint density at radius 3 is 1.88 bits per heavy atom. The lowest BCUT2D eigenvalue weighted by atomic mass is 10.0. The van der Waals surface area contributed by atoms with Crippen molar-refractivity contribution in [3.63, 3.8) is 0 Å². The largest absolute Gasteiger partial charge is 0.455 e. The van der Waals surface area contributed by atoms with Crippen LogP contribution in [-0.4, -0.2) is 0 Å². The predicted molar refractivity (Wildman–Crippen MR) is 232 cm³/mol. The minimum Gasteiger partial charge on any atom is -0.455 e. The number of furan rings is 1. The van der Waals surface area contributed by atoms with Crippen molar-refractivity contribution in [2.75, 3.05) is 9.80 Å². The third-order valence-electron chi connectivity index (χ3n) is 10.8. The van der Waals surface area contributed by atoms with Crippen LogP contribution in [0.4, 0.5) is 34.1 Å². The summed E-state index contributed by atoms with van der Waals surface area (Å²) in [6.07, 6.45) is 0. The maximum absolute atomic E-state index is 6.53. The SMILES string of the molecule is c1ccc(N2c3ccccc3Oc3cc(-c4ccc(N(c5ccc(-c6cccc7c6oc6ccccc67)cc5)c5cccc6ccccc56)cc4)ccc32)cc1. The molecule has 4 heteroatoms. The maximum atomic E-state index is 6.53. The van der Waals surface area contributed by atoms with Crippen LogP contribution in [0.5, 0.6) is 11.5 Å². The molecule has 0 saturated carbocycles. The van der Waals surface area contributed by atoms with E-state index >= 15 is 0 Å². The van der Waals surface area contributed by atoms with Crippen LogP contribution in [0.2, 0.25) is 0 Å². The molecule has 4 nitrogen and oxygen atoms in total. The third-order valence-corrected chi connectivity index (χ3v) is 10.8. The molecule has 0 radical (unpaired) electrons. The van der Waals surface area contributed by atoms with Crippen molar-refractivity contribution in [1.82, 2.24) is 0 Å². The Balaban J connectivity index is 0.979. The number of anilines is 6. The van der Waals surface area contributed by atoms with Gasteiger partial charge >= 0.3 is 0 Å². The standard InChI is InChI=1S/C52H34N2O2/c1-2-14-39(15-3-1)54-47-20-7-9-23-50(47)55-51-34-38(28-33-48(51)54)35-24-29-40(30-25-35)53(46-21-10-13-36-12-4-5-16-42(36)46)41-31-26-37(27-32-41)43-18-11-19-45-44-17-6-8-22-49(44)56-52(43)45/h1-34H. The van der Waals surface area contributed by atoms with Gasteiger partial charge in [-0.05, 0) is 94.9 Å². The van der Waals surface area contributed by atoms with Crippen molar-refractivity contribution in [2.45, 2.75) is 0 Å². The summed E-state index contributed by atoms with van der Waals surface area (Å²) in [6.45, 7) is 0. The molecule has 0 bridgehead atoms. The topological polar surface area (TPSA) is 28.9 Å². The van der Waals surface area contributed by atoms with E-state index in [1.54, 1.807) is 0 Å². The number of nitrogens with zero attached hydrogens (tertiary/aromatic N) is 2. The molecule has 0 N–H and O–H groups in total. The van der Waals surface area contributed by atoms with Gasteiger partial charge in [-0.1, -0.05) is 133 Å². The lowest BCUT2D eigenvalue weighted by molar-refractivity contribution is 0.477. The maximum Gasteiger partial charge on any atom is 0.152 e. The van der Waals surface area contributed by atoms with Crippen molar-refractivity contribution < 1.29 is 9.15 Å². The molecule has 56 heavy (non-hydrogen) atoms. The highest BCUT2D eigenvalue weighted by atomic mass is 16.5. The molecular formula is C52H34N2O2. The molecule has 10 aromatic rings. The van der Waals surface area contributed by atoms with Crippen LogP contribution in [0.15, 0.2) is 211 Å². The number of para-hydroxylation sites is 5. The molecule has 264 valence electrons. The predicted octanol–water partition coefficient (Wildman–Crippen LogP) is 15.1. The lowest BCUT2D eigenvalue weighted by Crippen LogP contribution is -2.15. The summed E-state index contributed by atoms with van der Waals surface area (Å²) in [7, 11) is 0. The zero-order valence-corrected chi connectivity index (χ0v) is 30.3. The smallest absolute Gasteiger partial charge is 0.152 e. The molecule has 0 fully saturated rings. The summed E-state index contributed by atoms with van der Waals surface area (Å²) in [5.41, 5.74) is 12.6.